The normalized spacial score (nSPS) is 13.7. The highest BCUT2D eigenvalue weighted by Gasteiger charge is 2.20. The molecule has 1 aliphatic heterocycles. The maximum atomic E-state index is 11.2. The van der Waals surface area contributed by atoms with Crippen LogP contribution in [-0.4, -0.2) is 31.0 Å². The molecule has 2 N–H and O–H groups in total. The lowest BCUT2D eigenvalue weighted by atomic mass is 10.2. The summed E-state index contributed by atoms with van der Waals surface area (Å²) in [5.41, 5.74) is 1.55. The third kappa shape index (κ3) is 2.99. The number of ether oxygens (including phenoxy) is 1. The first kappa shape index (κ1) is 12.8. The minimum absolute atomic E-state index is 0.0500. The van der Waals surface area contributed by atoms with Crippen LogP contribution in [-0.2, 0) is 15.7 Å². The number of hydrogen-bond donors (Lipinski definition) is 2. The van der Waals surface area contributed by atoms with E-state index in [1.54, 1.807) is 6.92 Å². The van der Waals surface area contributed by atoms with Crippen molar-refractivity contribution in [3.8, 4) is 5.88 Å². The zero-order valence-electron chi connectivity index (χ0n) is 9.23. The fourth-order valence-corrected chi connectivity index (χ4v) is 2.00. The van der Waals surface area contributed by atoms with E-state index in [2.05, 4.69) is 15.3 Å². The summed E-state index contributed by atoms with van der Waals surface area (Å²) in [5, 5.41) is 2.15. The van der Waals surface area contributed by atoms with Crippen molar-refractivity contribution in [1.29, 1.82) is 0 Å². The first-order chi connectivity index (χ1) is 8.35. The van der Waals surface area contributed by atoms with Crippen molar-refractivity contribution in [1.82, 2.24) is 14.7 Å². The molecule has 1 aliphatic rings. The van der Waals surface area contributed by atoms with Gasteiger partial charge in [0, 0.05) is 22.7 Å². The Hall–Kier alpha value is -1.61. The molecule has 2 heterocycles. The Balaban J connectivity index is 2.16. The van der Waals surface area contributed by atoms with Gasteiger partial charge in [-0.1, -0.05) is 0 Å². The molecule has 0 unspecified atom stereocenters. The average Bonchev–Trinajstić information content (AvgIpc) is 2.62. The Morgan fingerprint density at radius 1 is 1.44 bits per heavy atom. The first-order valence-corrected chi connectivity index (χ1v) is 7.20. The Bertz CT molecular complexity index is 603. The monoisotopic (exact) mass is 292 g/mol. The molecule has 10 heteroatoms. The molecule has 98 valence electrons. The largest absolute Gasteiger partial charge is 0.477 e. The number of nitrogens with zero attached hydrogens (tertiary/aromatic N) is 2. The highest BCUT2D eigenvalue weighted by Crippen LogP contribution is 2.25. The molecule has 0 fully saturated rings. The first-order valence-electron chi connectivity index (χ1n) is 4.89. The number of urea groups is 1. The number of fused-ring (bicyclic) bond motifs is 1. The number of hydrogen-bond acceptors (Lipinski definition) is 6. The van der Waals surface area contributed by atoms with Gasteiger partial charge in [-0.3, -0.25) is 5.32 Å². The summed E-state index contributed by atoms with van der Waals surface area (Å²) in [5.74, 6) is 0.345. The molecule has 8 nitrogen and oxygen atoms in total. The van der Waals surface area contributed by atoms with E-state index in [9.17, 15) is 13.2 Å². The summed E-state index contributed by atoms with van der Waals surface area (Å²) < 4.78 is 28.0. The average molecular weight is 293 g/mol. The summed E-state index contributed by atoms with van der Waals surface area (Å²) in [6.07, 6.45) is 0.712. The SMILES string of the molecule is Cc1nc(NC(=O)NS(=O)(=O)Cl)nc2c1CCO2. The smallest absolute Gasteiger partial charge is 0.336 e. The maximum Gasteiger partial charge on any atom is 0.336 e. The molecule has 1 aromatic rings. The van der Waals surface area contributed by atoms with Gasteiger partial charge in [-0.05, 0) is 6.92 Å². The number of aryl methyl sites for hydroxylation is 1. The van der Waals surface area contributed by atoms with Crippen molar-refractivity contribution >= 4 is 31.9 Å². The molecule has 0 radical (unpaired) electrons. The van der Waals surface area contributed by atoms with E-state index in [4.69, 9.17) is 15.4 Å². The van der Waals surface area contributed by atoms with Crippen LogP contribution in [0.25, 0.3) is 0 Å². The summed E-state index contributed by atoms with van der Waals surface area (Å²) in [6.45, 7) is 2.26. The van der Waals surface area contributed by atoms with Gasteiger partial charge >= 0.3 is 15.3 Å². The highest BCUT2D eigenvalue weighted by molar-refractivity contribution is 8.12. The van der Waals surface area contributed by atoms with Gasteiger partial charge in [0.1, 0.15) is 0 Å². The second-order valence-electron chi connectivity index (χ2n) is 3.51. The van der Waals surface area contributed by atoms with Gasteiger partial charge in [-0.2, -0.15) is 13.4 Å². The van der Waals surface area contributed by atoms with Crippen LogP contribution in [0.3, 0.4) is 0 Å². The molecule has 18 heavy (non-hydrogen) atoms. The van der Waals surface area contributed by atoms with E-state index in [1.807, 2.05) is 0 Å². The van der Waals surface area contributed by atoms with Gasteiger partial charge in [0.05, 0.1) is 12.3 Å². The van der Waals surface area contributed by atoms with Gasteiger partial charge in [0.2, 0.25) is 11.8 Å². The van der Waals surface area contributed by atoms with Crippen LogP contribution in [0, 0.1) is 6.92 Å². The minimum atomic E-state index is -4.14. The number of anilines is 1. The summed E-state index contributed by atoms with van der Waals surface area (Å²) in [6, 6.07) is -1.04. The van der Waals surface area contributed by atoms with Crippen LogP contribution >= 0.6 is 10.7 Å². The Morgan fingerprint density at radius 2 is 2.17 bits per heavy atom. The quantitative estimate of drug-likeness (QED) is 0.760. The van der Waals surface area contributed by atoms with Crippen molar-refractivity contribution in [3.63, 3.8) is 0 Å². The van der Waals surface area contributed by atoms with Crippen molar-refractivity contribution in [2.75, 3.05) is 11.9 Å². The van der Waals surface area contributed by atoms with Crippen LogP contribution in [0.4, 0.5) is 10.7 Å². The lowest BCUT2D eigenvalue weighted by Crippen LogP contribution is -2.31. The second kappa shape index (κ2) is 4.58. The predicted molar refractivity (Wildman–Crippen MR) is 62.9 cm³/mol. The predicted octanol–water partition coefficient (Wildman–Crippen LogP) is 0.325. The van der Waals surface area contributed by atoms with E-state index in [-0.39, 0.29) is 5.95 Å². The minimum Gasteiger partial charge on any atom is -0.477 e. The molecule has 0 saturated carbocycles. The molecule has 0 bridgehead atoms. The Morgan fingerprint density at radius 3 is 2.83 bits per heavy atom. The molecule has 2 rings (SSSR count). The standard InChI is InChI=1S/C8H9ClN4O4S/c1-4-5-2-3-17-6(5)11-7(10-4)12-8(14)13-18(9,15)16/h2-3H2,1H3,(H2,10,11,12,13,14). The lowest BCUT2D eigenvalue weighted by Gasteiger charge is -2.06. The molecule has 0 aliphatic carbocycles. The number of nitrogens with one attached hydrogen (secondary N) is 2. The van der Waals surface area contributed by atoms with Crippen molar-refractivity contribution < 1.29 is 17.9 Å². The molecular formula is C8H9ClN4O4S. The third-order valence-corrected chi connectivity index (χ3v) is 2.87. The molecule has 0 aromatic carbocycles. The van der Waals surface area contributed by atoms with Crippen LogP contribution < -0.4 is 14.8 Å². The molecule has 2 amide bonds. The van der Waals surface area contributed by atoms with Crippen molar-refractivity contribution in [3.05, 3.63) is 11.3 Å². The maximum absolute atomic E-state index is 11.2. The number of halogens is 1. The van der Waals surface area contributed by atoms with E-state index in [1.165, 1.54) is 4.72 Å². The second-order valence-corrected chi connectivity index (χ2v) is 5.81. The van der Waals surface area contributed by atoms with Gasteiger partial charge in [-0.15, -0.1) is 0 Å². The van der Waals surface area contributed by atoms with Crippen LogP contribution in [0.5, 0.6) is 5.88 Å². The Kier molecular flexibility index (Phi) is 3.26. The molecule has 0 spiro atoms. The fourth-order valence-electron chi connectivity index (χ4n) is 1.52. The number of rotatable bonds is 2. The third-order valence-electron chi connectivity index (χ3n) is 2.21. The molecule has 0 atom stereocenters. The van der Waals surface area contributed by atoms with Gasteiger partial charge in [0.15, 0.2) is 0 Å². The number of aromatic nitrogens is 2. The van der Waals surface area contributed by atoms with Gasteiger partial charge < -0.3 is 4.74 Å². The van der Waals surface area contributed by atoms with Crippen molar-refractivity contribution in [2.24, 2.45) is 0 Å². The molecular weight excluding hydrogens is 284 g/mol. The number of carbonyl (C=O) groups excluding carboxylic acids is 1. The van der Waals surface area contributed by atoms with E-state index >= 15 is 0 Å². The van der Waals surface area contributed by atoms with Crippen LogP contribution in [0.1, 0.15) is 11.3 Å². The summed E-state index contributed by atoms with van der Waals surface area (Å²) in [4.78, 5) is 19.2. The topological polar surface area (TPSA) is 110 Å². The number of amides is 2. The fraction of sp³-hybridized carbons (Fsp3) is 0.375. The highest BCUT2D eigenvalue weighted by atomic mass is 35.7. The van der Waals surface area contributed by atoms with Crippen LogP contribution in [0.2, 0.25) is 0 Å². The lowest BCUT2D eigenvalue weighted by molar-refractivity contribution is 0.256. The van der Waals surface area contributed by atoms with E-state index in [0.717, 1.165) is 5.56 Å². The van der Waals surface area contributed by atoms with Crippen LogP contribution in [0.15, 0.2) is 0 Å². The molecule has 1 aromatic heterocycles. The van der Waals surface area contributed by atoms with E-state index in [0.29, 0.717) is 24.6 Å². The van der Waals surface area contributed by atoms with Crippen molar-refractivity contribution in [2.45, 2.75) is 13.3 Å². The molecule has 0 saturated heterocycles. The zero-order valence-corrected chi connectivity index (χ0v) is 10.8. The summed E-state index contributed by atoms with van der Waals surface area (Å²) in [7, 11) is 0.712. The number of carbonyl (C=O) groups is 1. The zero-order chi connectivity index (χ0) is 13.3. The Labute approximate surface area is 107 Å². The van der Waals surface area contributed by atoms with Gasteiger partial charge in [0.25, 0.3) is 0 Å². The van der Waals surface area contributed by atoms with Gasteiger partial charge in [-0.25, -0.2) is 14.5 Å². The summed E-state index contributed by atoms with van der Waals surface area (Å²) >= 11 is 0. The van der Waals surface area contributed by atoms with E-state index < -0.39 is 15.3 Å².